The minimum atomic E-state index is 0.359. The molecule has 116 valence electrons. The van der Waals surface area contributed by atoms with E-state index in [0.29, 0.717) is 25.0 Å². The molecule has 0 fully saturated rings. The van der Waals surface area contributed by atoms with E-state index in [1.807, 2.05) is 0 Å². The number of hydrogen-bond donors (Lipinski definition) is 2. The molecular formula is C17H36O2. The van der Waals surface area contributed by atoms with Crippen molar-refractivity contribution in [2.75, 3.05) is 13.2 Å². The molecule has 0 aromatic carbocycles. The topological polar surface area (TPSA) is 40.5 Å². The van der Waals surface area contributed by atoms with Gasteiger partial charge in [-0.1, -0.05) is 58.8 Å². The molecule has 0 aliphatic rings. The first-order valence-corrected chi connectivity index (χ1v) is 8.50. The molecule has 2 N–H and O–H groups in total. The number of aliphatic hydroxyl groups is 2. The van der Waals surface area contributed by atoms with Gasteiger partial charge in [0.15, 0.2) is 0 Å². The van der Waals surface area contributed by atoms with Crippen molar-refractivity contribution in [1.29, 1.82) is 0 Å². The van der Waals surface area contributed by atoms with Crippen molar-refractivity contribution in [1.82, 2.24) is 0 Å². The zero-order valence-electron chi connectivity index (χ0n) is 13.2. The van der Waals surface area contributed by atoms with E-state index in [2.05, 4.69) is 13.8 Å². The van der Waals surface area contributed by atoms with Crippen molar-refractivity contribution >= 4 is 0 Å². The Labute approximate surface area is 120 Å². The lowest BCUT2D eigenvalue weighted by Gasteiger charge is -2.14. The summed E-state index contributed by atoms with van der Waals surface area (Å²) in [6, 6.07) is 0. The number of unbranched alkanes of at least 4 members (excludes halogenated alkanes) is 4. The maximum atomic E-state index is 9.29. The maximum absolute atomic E-state index is 9.29. The van der Waals surface area contributed by atoms with Crippen LogP contribution in [0.5, 0.6) is 0 Å². The Bertz CT molecular complexity index is 171. The van der Waals surface area contributed by atoms with Crippen molar-refractivity contribution in [3.05, 3.63) is 0 Å². The number of hydrogen-bond acceptors (Lipinski definition) is 2. The third-order valence-corrected chi connectivity index (χ3v) is 4.15. The summed E-state index contributed by atoms with van der Waals surface area (Å²) < 4.78 is 0. The van der Waals surface area contributed by atoms with E-state index < -0.39 is 0 Å². The third-order valence-electron chi connectivity index (χ3n) is 4.15. The van der Waals surface area contributed by atoms with Crippen LogP contribution in [0.1, 0.15) is 84.5 Å². The number of rotatable bonds is 14. The highest BCUT2D eigenvalue weighted by molar-refractivity contribution is 4.60. The molecule has 0 aliphatic carbocycles. The highest BCUT2D eigenvalue weighted by Crippen LogP contribution is 2.19. The van der Waals surface area contributed by atoms with Crippen molar-refractivity contribution in [3.63, 3.8) is 0 Å². The Morgan fingerprint density at radius 2 is 1.05 bits per heavy atom. The summed E-state index contributed by atoms with van der Waals surface area (Å²) in [4.78, 5) is 0. The standard InChI is InChI=1S/C17H36O2/c1-3-5-11-17(15-19)13-9-7-6-8-12-16(14-18)10-4-2/h16-19H,3-15H2,1-2H3. The van der Waals surface area contributed by atoms with Gasteiger partial charge in [-0.05, 0) is 37.5 Å². The number of aliphatic hydroxyl groups excluding tert-OH is 2. The second-order valence-electron chi connectivity index (χ2n) is 6.02. The highest BCUT2D eigenvalue weighted by atomic mass is 16.3. The van der Waals surface area contributed by atoms with E-state index in [-0.39, 0.29) is 0 Å². The van der Waals surface area contributed by atoms with Gasteiger partial charge in [0.1, 0.15) is 0 Å². The van der Waals surface area contributed by atoms with Crippen molar-refractivity contribution in [2.24, 2.45) is 11.8 Å². The lowest BCUT2D eigenvalue weighted by Crippen LogP contribution is -2.06. The summed E-state index contributed by atoms with van der Waals surface area (Å²) in [5.41, 5.74) is 0. The van der Waals surface area contributed by atoms with Gasteiger partial charge in [-0.15, -0.1) is 0 Å². The third kappa shape index (κ3) is 11.4. The minimum Gasteiger partial charge on any atom is -0.396 e. The summed E-state index contributed by atoms with van der Waals surface area (Å²) in [7, 11) is 0. The van der Waals surface area contributed by atoms with Gasteiger partial charge in [0.25, 0.3) is 0 Å². The van der Waals surface area contributed by atoms with Crippen LogP contribution in [0.3, 0.4) is 0 Å². The Hall–Kier alpha value is -0.0800. The first-order chi connectivity index (χ1) is 9.28. The zero-order valence-corrected chi connectivity index (χ0v) is 13.2. The first kappa shape index (κ1) is 18.9. The van der Waals surface area contributed by atoms with Crippen LogP contribution >= 0.6 is 0 Å². The van der Waals surface area contributed by atoms with Gasteiger partial charge in [-0.25, -0.2) is 0 Å². The van der Waals surface area contributed by atoms with Crippen LogP contribution in [-0.4, -0.2) is 23.4 Å². The smallest absolute Gasteiger partial charge is 0.0459 e. The molecule has 0 saturated heterocycles. The van der Waals surface area contributed by atoms with Gasteiger partial charge in [-0.3, -0.25) is 0 Å². The fourth-order valence-corrected chi connectivity index (χ4v) is 2.77. The molecule has 19 heavy (non-hydrogen) atoms. The average Bonchev–Trinajstić information content (AvgIpc) is 2.44. The second kappa shape index (κ2) is 14.3. The summed E-state index contributed by atoms with van der Waals surface area (Å²) in [5, 5.41) is 18.5. The molecule has 0 saturated carbocycles. The SMILES string of the molecule is CCCCC(CO)CCCCCCC(CO)CCC. The van der Waals surface area contributed by atoms with Gasteiger partial charge in [0.05, 0.1) is 0 Å². The minimum absolute atomic E-state index is 0.359. The van der Waals surface area contributed by atoms with Crippen LogP contribution in [0.25, 0.3) is 0 Å². The zero-order chi connectivity index (χ0) is 14.3. The van der Waals surface area contributed by atoms with Crippen LogP contribution in [0, 0.1) is 11.8 Å². The quantitative estimate of drug-likeness (QED) is 0.456. The Kier molecular flexibility index (Phi) is 14.3. The predicted octanol–water partition coefficient (Wildman–Crippen LogP) is 4.53. The van der Waals surface area contributed by atoms with E-state index in [0.717, 1.165) is 0 Å². The average molecular weight is 272 g/mol. The van der Waals surface area contributed by atoms with E-state index in [1.165, 1.54) is 70.6 Å². The summed E-state index contributed by atoms with van der Waals surface area (Å²) >= 11 is 0. The predicted molar refractivity (Wildman–Crippen MR) is 83.3 cm³/mol. The molecule has 0 amide bonds. The highest BCUT2D eigenvalue weighted by Gasteiger charge is 2.07. The van der Waals surface area contributed by atoms with Crippen LogP contribution < -0.4 is 0 Å². The van der Waals surface area contributed by atoms with Crippen LogP contribution in [0.15, 0.2) is 0 Å². The van der Waals surface area contributed by atoms with Gasteiger partial charge in [0, 0.05) is 13.2 Å². The van der Waals surface area contributed by atoms with Crippen molar-refractivity contribution in [2.45, 2.75) is 84.5 Å². The van der Waals surface area contributed by atoms with E-state index in [4.69, 9.17) is 0 Å². The van der Waals surface area contributed by atoms with Crippen molar-refractivity contribution in [3.8, 4) is 0 Å². The van der Waals surface area contributed by atoms with E-state index in [1.54, 1.807) is 0 Å². The monoisotopic (exact) mass is 272 g/mol. The summed E-state index contributed by atoms with van der Waals surface area (Å²) in [5.74, 6) is 1.06. The van der Waals surface area contributed by atoms with Gasteiger partial charge >= 0.3 is 0 Å². The summed E-state index contributed by atoms with van der Waals surface area (Å²) in [6.45, 7) is 5.12. The van der Waals surface area contributed by atoms with Crippen LogP contribution in [0.4, 0.5) is 0 Å². The Morgan fingerprint density at radius 3 is 1.47 bits per heavy atom. The fourth-order valence-electron chi connectivity index (χ4n) is 2.77. The molecule has 2 unspecified atom stereocenters. The molecule has 0 heterocycles. The molecular weight excluding hydrogens is 236 g/mol. The molecule has 0 radical (unpaired) electrons. The fraction of sp³-hybridized carbons (Fsp3) is 1.00. The lowest BCUT2D eigenvalue weighted by atomic mass is 9.94. The molecule has 2 atom stereocenters. The van der Waals surface area contributed by atoms with Crippen molar-refractivity contribution < 1.29 is 10.2 Å². The molecule has 0 rings (SSSR count). The van der Waals surface area contributed by atoms with Gasteiger partial charge in [-0.2, -0.15) is 0 Å². The lowest BCUT2D eigenvalue weighted by molar-refractivity contribution is 0.201. The van der Waals surface area contributed by atoms with Crippen LogP contribution in [-0.2, 0) is 0 Å². The largest absolute Gasteiger partial charge is 0.396 e. The molecule has 2 nitrogen and oxygen atoms in total. The molecule has 0 bridgehead atoms. The maximum Gasteiger partial charge on any atom is 0.0459 e. The molecule has 0 spiro atoms. The Balaban J connectivity index is 3.42. The molecule has 2 heteroatoms. The van der Waals surface area contributed by atoms with E-state index in [9.17, 15) is 10.2 Å². The molecule has 0 aliphatic heterocycles. The normalized spacial score (nSPS) is 14.5. The first-order valence-electron chi connectivity index (χ1n) is 8.50. The second-order valence-corrected chi connectivity index (χ2v) is 6.02. The van der Waals surface area contributed by atoms with Gasteiger partial charge in [0.2, 0.25) is 0 Å². The van der Waals surface area contributed by atoms with Crippen LogP contribution in [0.2, 0.25) is 0 Å². The van der Waals surface area contributed by atoms with Gasteiger partial charge < -0.3 is 10.2 Å². The van der Waals surface area contributed by atoms with E-state index >= 15 is 0 Å². The molecule has 0 aromatic heterocycles. The molecule has 0 aromatic rings. The summed E-state index contributed by atoms with van der Waals surface area (Å²) in [6.07, 6.45) is 13.5. The Morgan fingerprint density at radius 1 is 0.579 bits per heavy atom.